The largest absolute Gasteiger partial charge is 0.261 e. The highest BCUT2D eigenvalue weighted by Crippen LogP contribution is 2.39. The average molecular weight is 211 g/mol. The van der Waals surface area contributed by atoms with E-state index in [2.05, 4.69) is 27.1 Å². The van der Waals surface area contributed by atoms with E-state index in [-0.39, 0.29) is 0 Å². The molecule has 0 spiro atoms. The molecule has 0 atom stereocenters. The maximum Gasteiger partial charge on any atom is 0.0903 e. The van der Waals surface area contributed by atoms with Crippen molar-refractivity contribution in [3.05, 3.63) is 42.1 Å². The molecular weight excluding hydrogens is 198 g/mol. The first-order chi connectivity index (χ1) is 7.83. The minimum atomic E-state index is 0.706. The second-order valence-corrected chi connectivity index (χ2v) is 4.29. The molecule has 1 aliphatic carbocycles. The minimum absolute atomic E-state index is 0.706. The molecule has 1 fully saturated rings. The van der Waals surface area contributed by atoms with Crippen LogP contribution in [0.5, 0.6) is 0 Å². The molecule has 0 unspecified atom stereocenters. The number of pyridine rings is 1. The van der Waals surface area contributed by atoms with Crippen LogP contribution in [-0.4, -0.2) is 15.0 Å². The molecule has 0 bridgehead atoms. The SMILES string of the molecule is Cc1cncc(-c2ccc(C3CC3)nc2)n1. The Balaban J connectivity index is 1.94. The molecule has 2 aromatic heterocycles. The molecule has 0 aromatic carbocycles. The maximum atomic E-state index is 4.48. The Morgan fingerprint density at radius 1 is 1.12 bits per heavy atom. The zero-order valence-corrected chi connectivity index (χ0v) is 9.22. The Bertz CT molecular complexity index is 501. The number of nitrogens with zero attached hydrogens (tertiary/aromatic N) is 3. The summed E-state index contributed by atoms with van der Waals surface area (Å²) in [5, 5.41) is 0. The van der Waals surface area contributed by atoms with Gasteiger partial charge in [-0.2, -0.15) is 0 Å². The fraction of sp³-hybridized carbons (Fsp3) is 0.308. The van der Waals surface area contributed by atoms with Crippen LogP contribution in [0.1, 0.15) is 30.1 Å². The third-order valence-electron chi connectivity index (χ3n) is 2.83. The Morgan fingerprint density at radius 3 is 2.62 bits per heavy atom. The summed E-state index contributed by atoms with van der Waals surface area (Å²) in [5.74, 6) is 0.706. The van der Waals surface area contributed by atoms with E-state index in [1.807, 2.05) is 13.1 Å². The molecular formula is C13H13N3. The fourth-order valence-electron chi connectivity index (χ4n) is 1.78. The van der Waals surface area contributed by atoms with E-state index in [0.717, 1.165) is 17.0 Å². The summed E-state index contributed by atoms with van der Waals surface area (Å²) in [7, 11) is 0. The smallest absolute Gasteiger partial charge is 0.0903 e. The van der Waals surface area contributed by atoms with Crippen molar-refractivity contribution in [1.29, 1.82) is 0 Å². The zero-order valence-electron chi connectivity index (χ0n) is 9.22. The van der Waals surface area contributed by atoms with Crippen LogP contribution < -0.4 is 0 Å². The van der Waals surface area contributed by atoms with E-state index in [9.17, 15) is 0 Å². The zero-order chi connectivity index (χ0) is 11.0. The van der Waals surface area contributed by atoms with E-state index >= 15 is 0 Å². The molecule has 3 nitrogen and oxygen atoms in total. The molecule has 1 aliphatic rings. The van der Waals surface area contributed by atoms with Crippen molar-refractivity contribution in [2.24, 2.45) is 0 Å². The van der Waals surface area contributed by atoms with Gasteiger partial charge >= 0.3 is 0 Å². The van der Waals surface area contributed by atoms with Crippen molar-refractivity contribution in [3.63, 3.8) is 0 Å². The first kappa shape index (κ1) is 9.46. The van der Waals surface area contributed by atoms with Gasteiger partial charge in [0, 0.05) is 29.6 Å². The minimum Gasteiger partial charge on any atom is -0.261 e. The molecule has 2 heterocycles. The van der Waals surface area contributed by atoms with Crippen LogP contribution in [0, 0.1) is 6.92 Å². The first-order valence-corrected chi connectivity index (χ1v) is 5.58. The average Bonchev–Trinajstić information content (AvgIpc) is 3.13. The van der Waals surface area contributed by atoms with Crippen LogP contribution in [0.2, 0.25) is 0 Å². The molecule has 16 heavy (non-hydrogen) atoms. The monoisotopic (exact) mass is 211 g/mol. The van der Waals surface area contributed by atoms with Gasteiger partial charge in [0.05, 0.1) is 17.6 Å². The fourth-order valence-corrected chi connectivity index (χ4v) is 1.78. The predicted octanol–water partition coefficient (Wildman–Crippen LogP) is 2.72. The van der Waals surface area contributed by atoms with Gasteiger partial charge in [-0.05, 0) is 31.9 Å². The summed E-state index contributed by atoms with van der Waals surface area (Å²) in [6.07, 6.45) is 8.01. The summed E-state index contributed by atoms with van der Waals surface area (Å²) in [6.45, 7) is 1.95. The van der Waals surface area contributed by atoms with Gasteiger partial charge in [0.1, 0.15) is 0 Å². The van der Waals surface area contributed by atoms with Crippen molar-refractivity contribution in [2.45, 2.75) is 25.7 Å². The summed E-state index contributed by atoms with van der Waals surface area (Å²) in [5.41, 5.74) is 4.09. The van der Waals surface area contributed by atoms with Crippen LogP contribution in [0.4, 0.5) is 0 Å². The van der Waals surface area contributed by atoms with Crippen LogP contribution in [0.3, 0.4) is 0 Å². The lowest BCUT2D eigenvalue weighted by molar-refractivity contribution is 1.02. The Labute approximate surface area is 94.6 Å². The van der Waals surface area contributed by atoms with Crippen LogP contribution in [0.15, 0.2) is 30.7 Å². The molecule has 2 aromatic rings. The number of hydrogen-bond acceptors (Lipinski definition) is 3. The van der Waals surface area contributed by atoms with Crippen molar-refractivity contribution in [3.8, 4) is 11.3 Å². The van der Waals surface area contributed by atoms with Gasteiger partial charge in [-0.1, -0.05) is 0 Å². The van der Waals surface area contributed by atoms with Crippen molar-refractivity contribution in [1.82, 2.24) is 15.0 Å². The van der Waals surface area contributed by atoms with E-state index in [1.165, 1.54) is 18.5 Å². The highest BCUT2D eigenvalue weighted by Gasteiger charge is 2.24. The van der Waals surface area contributed by atoms with Gasteiger partial charge in [0.25, 0.3) is 0 Å². The first-order valence-electron chi connectivity index (χ1n) is 5.58. The van der Waals surface area contributed by atoms with Crippen LogP contribution >= 0.6 is 0 Å². The molecule has 0 amide bonds. The quantitative estimate of drug-likeness (QED) is 0.766. The van der Waals surface area contributed by atoms with Gasteiger partial charge in [-0.3, -0.25) is 9.97 Å². The molecule has 0 aliphatic heterocycles. The van der Waals surface area contributed by atoms with Gasteiger partial charge in [-0.15, -0.1) is 0 Å². The van der Waals surface area contributed by atoms with Gasteiger partial charge in [-0.25, -0.2) is 4.98 Å². The Hall–Kier alpha value is -1.77. The van der Waals surface area contributed by atoms with Crippen molar-refractivity contribution in [2.75, 3.05) is 0 Å². The third-order valence-corrected chi connectivity index (χ3v) is 2.83. The molecule has 0 radical (unpaired) electrons. The lowest BCUT2D eigenvalue weighted by Gasteiger charge is -2.02. The van der Waals surface area contributed by atoms with E-state index in [4.69, 9.17) is 0 Å². The number of aryl methyl sites for hydroxylation is 1. The Kier molecular flexibility index (Phi) is 2.17. The normalized spacial score (nSPS) is 15.1. The van der Waals surface area contributed by atoms with Crippen molar-refractivity contribution < 1.29 is 0 Å². The molecule has 3 heteroatoms. The predicted molar refractivity (Wildman–Crippen MR) is 62.0 cm³/mol. The van der Waals surface area contributed by atoms with Crippen molar-refractivity contribution >= 4 is 0 Å². The summed E-state index contributed by atoms with van der Waals surface area (Å²) in [4.78, 5) is 13.1. The molecule has 80 valence electrons. The Morgan fingerprint density at radius 2 is 2.00 bits per heavy atom. The standard InChI is InChI=1S/C13H13N3/c1-9-6-14-8-13(16-9)11-4-5-12(15-7-11)10-2-3-10/h4-8,10H,2-3H2,1H3. The third kappa shape index (κ3) is 1.81. The maximum absolute atomic E-state index is 4.48. The van der Waals surface area contributed by atoms with Gasteiger partial charge in [0.2, 0.25) is 0 Å². The number of aromatic nitrogens is 3. The van der Waals surface area contributed by atoms with E-state index in [0.29, 0.717) is 5.92 Å². The molecule has 3 rings (SSSR count). The van der Waals surface area contributed by atoms with E-state index in [1.54, 1.807) is 12.4 Å². The number of rotatable bonds is 2. The second kappa shape index (κ2) is 3.67. The lowest BCUT2D eigenvalue weighted by atomic mass is 10.2. The van der Waals surface area contributed by atoms with E-state index < -0.39 is 0 Å². The van der Waals surface area contributed by atoms with Gasteiger partial charge < -0.3 is 0 Å². The molecule has 0 saturated heterocycles. The topological polar surface area (TPSA) is 38.7 Å². The second-order valence-electron chi connectivity index (χ2n) is 4.29. The number of hydrogen-bond donors (Lipinski definition) is 0. The summed E-state index contributed by atoms with van der Waals surface area (Å²) >= 11 is 0. The highest BCUT2D eigenvalue weighted by molar-refractivity contribution is 5.56. The molecule has 0 N–H and O–H groups in total. The lowest BCUT2D eigenvalue weighted by Crippen LogP contribution is -1.91. The summed E-state index contributed by atoms with van der Waals surface area (Å²) in [6, 6.07) is 4.20. The van der Waals surface area contributed by atoms with Crippen LogP contribution in [-0.2, 0) is 0 Å². The summed E-state index contributed by atoms with van der Waals surface area (Å²) < 4.78 is 0. The molecule has 1 saturated carbocycles. The van der Waals surface area contributed by atoms with Crippen LogP contribution in [0.25, 0.3) is 11.3 Å². The highest BCUT2D eigenvalue weighted by atomic mass is 14.8. The van der Waals surface area contributed by atoms with Gasteiger partial charge in [0.15, 0.2) is 0 Å².